The fraction of sp³-hybridized carbons (Fsp3) is 0.550. The van der Waals surface area contributed by atoms with Crippen molar-refractivity contribution in [1.29, 1.82) is 0 Å². The number of amides is 2. The molecule has 7 nitrogen and oxygen atoms in total. The molecule has 1 saturated carbocycles. The Balaban J connectivity index is 0.00000392. The number of guanidine groups is 1. The van der Waals surface area contributed by atoms with E-state index in [9.17, 15) is 9.59 Å². The first-order valence-electron chi connectivity index (χ1n) is 9.65. The summed E-state index contributed by atoms with van der Waals surface area (Å²) in [5, 5.41) is 9.23. The molecule has 0 saturated heterocycles. The molecular weight excluding hydrogens is 469 g/mol. The third-order valence-electron chi connectivity index (χ3n) is 5.20. The van der Waals surface area contributed by atoms with Gasteiger partial charge in [0.2, 0.25) is 5.91 Å². The van der Waals surface area contributed by atoms with Crippen LogP contribution in [0, 0.1) is 5.41 Å². The maximum atomic E-state index is 11.9. The molecule has 1 aliphatic carbocycles. The third kappa shape index (κ3) is 7.29. The van der Waals surface area contributed by atoms with E-state index in [1.807, 2.05) is 12.1 Å². The minimum atomic E-state index is -0.565. The van der Waals surface area contributed by atoms with Crippen LogP contribution in [-0.2, 0) is 11.3 Å². The zero-order valence-electron chi connectivity index (χ0n) is 16.7. The average Bonchev–Trinajstić information content (AvgIpc) is 2.64. The highest BCUT2D eigenvalue weighted by Crippen LogP contribution is 2.42. The van der Waals surface area contributed by atoms with Gasteiger partial charge in [-0.05, 0) is 49.3 Å². The number of hydrogen-bond acceptors (Lipinski definition) is 3. The number of halogens is 1. The van der Waals surface area contributed by atoms with E-state index in [0.29, 0.717) is 17.5 Å². The van der Waals surface area contributed by atoms with Gasteiger partial charge in [-0.3, -0.25) is 9.59 Å². The second-order valence-corrected chi connectivity index (χ2v) is 7.10. The summed E-state index contributed by atoms with van der Waals surface area (Å²) in [6.07, 6.45) is 5.09. The van der Waals surface area contributed by atoms with Gasteiger partial charge >= 0.3 is 0 Å². The second kappa shape index (κ2) is 11.9. The molecule has 0 spiro atoms. The molecular formula is C20H32IN5O2. The Bertz CT molecular complexity index is 666. The fourth-order valence-corrected chi connectivity index (χ4v) is 3.15. The predicted octanol–water partition coefficient (Wildman–Crippen LogP) is 2.16. The van der Waals surface area contributed by atoms with E-state index in [1.54, 1.807) is 12.1 Å². The molecule has 0 aromatic heterocycles. The summed E-state index contributed by atoms with van der Waals surface area (Å²) in [7, 11) is 0. The molecule has 1 aromatic carbocycles. The van der Waals surface area contributed by atoms with Crippen molar-refractivity contribution in [2.24, 2.45) is 16.1 Å². The van der Waals surface area contributed by atoms with E-state index in [2.05, 4.69) is 34.8 Å². The molecule has 156 valence electrons. The number of nitrogens with zero attached hydrogens (tertiary/aromatic N) is 1. The van der Waals surface area contributed by atoms with Crippen LogP contribution in [0.25, 0.3) is 0 Å². The van der Waals surface area contributed by atoms with Gasteiger partial charge in [-0.25, -0.2) is 4.99 Å². The zero-order chi connectivity index (χ0) is 19.7. The van der Waals surface area contributed by atoms with Crippen molar-refractivity contribution in [3.05, 3.63) is 35.4 Å². The third-order valence-corrected chi connectivity index (χ3v) is 5.20. The molecule has 1 aromatic rings. The van der Waals surface area contributed by atoms with Gasteiger partial charge in [-0.1, -0.05) is 25.5 Å². The Morgan fingerprint density at radius 3 is 2.29 bits per heavy atom. The van der Waals surface area contributed by atoms with E-state index >= 15 is 0 Å². The molecule has 28 heavy (non-hydrogen) atoms. The van der Waals surface area contributed by atoms with Crippen LogP contribution in [0.2, 0.25) is 0 Å². The molecule has 2 rings (SSSR count). The first kappa shape index (κ1) is 24.2. The van der Waals surface area contributed by atoms with Gasteiger partial charge < -0.3 is 21.7 Å². The van der Waals surface area contributed by atoms with Crippen molar-refractivity contribution in [3.63, 3.8) is 0 Å². The summed E-state index contributed by atoms with van der Waals surface area (Å²) < 4.78 is 0. The van der Waals surface area contributed by atoms with Crippen LogP contribution in [-0.4, -0.2) is 37.4 Å². The largest absolute Gasteiger partial charge is 0.368 e. The lowest BCUT2D eigenvalue weighted by Crippen LogP contribution is -2.46. The van der Waals surface area contributed by atoms with Gasteiger partial charge in [0.15, 0.2) is 5.96 Å². The molecule has 0 bridgehead atoms. The Labute approximate surface area is 184 Å². The number of benzene rings is 1. The van der Waals surface area contributed by atoms with E-state index in [4.69, 9.17) is 5.73 Å². The number of aliphatic imine (C=N–C) groups is 1. The van der Waals surface area contributed by atoms with Crippen LogP contribution in [0.4, 0.5) is 0 Å². The Kier molecular flexibility index (Phi) is 10.3. The van der Waals surface area contributed by atoms with Gasteiger partial charge in [0.1, 0.15) is 0 Å². The molecule has 0 aliphatic heterocycles. The van der Waals surface area contributed by atoms with Gasteiger partial charge in [-0.15, -0.1) is 24.0 Å². The van der Waals surface area contributed by atoms with Crippen LogP contribution >= 0.6 is 24.0 Å². The summed E-state index contributed by atoms with van der Waals surface area (Å²) in [5.74, 6) is -0.0609. The number of nitrogens with two attached hydrogens (primary N) is 1. The highest BCUT2D eigenvalue weighted by Gasteiger charge is 2.34. The Morgan fingerprint density at radius 1 is 1.11 bits per heavy atom. The Morgan fingerprint density at radius 2 is 1.79 bits per heavy atom. The molecule has 2 amide bonds. The smallest absolute Gasteiger partial charge is 0.251 e. The number of primary amides is 1. The van der Waals surface area contributed by atoms with Gasteiger partial charge in [-0.2, -0.15) is 0 Å². The van der Waals surface area contributed by atoms with Gasteiger partial charge in [0.05, 0.1) is 13.1 Å². The normalized spacial score (nSPS) is 15.0. The summed E-state index contributed by atoms with van der Waals surface area (Å²) >= 11 is 0. The molecule has 0 heterocycles. The number of hydrogen-bond donors (Lipinski definition) is 4. The standard InChI is InChI=1S/C20H31N5O2.HI/c1-3-20(10-5-11-20)14-25-19(22-4-2)24-12-15-6-8-16(9-7-15)18(27)23-13-17(21)26;/h6-9H,3-5,10-14H2,1-2H3,(H2,21,26)(H,23,27)(H2,22,24,25);1H. The number of nitrogens with one attached hydrogen (secondary N) is 3. The lowest BCUT2D eigenvalue weighted by molar-refractivity contribution is -0.117. The van der Waals surface area contributed by atoms with Crippen molar-refractivity contribution in [1.82, 2.24) is 16.0 Å². The first-order chi connectivity index (χ1) is 13.0. The SMILES string of the molecule is CCNC(=NCc1ccc(C(=O)NCC(N)=O)cc1)NCC1(CC)CCC1.I. The fourth-order valence-electron chi connectivity index (χ4n) is 3.15. The minimum Gasteiger partial charge on any atom is -0.368 e. The summed E-state index contributed by atoms with van der Waals surface area (Å²) in [4.78, 5) is 27.3. The highest BCUT2D eigenvalue weighted by atomic mass is 127. The van der Waals surface area contributed by atoms with Crippen LogP contribution in [0.1, 0.15) is 55.5 Å². The van der Waals surface area contributed by atoms with Crippen LogP contribution in [0.5, 0.6) is 0 Å². The molecule has 1 aliphatic rings. The summed E-state index contributed by atoms with van der Waals surface area (Å²) in [6.45, 7) is 6.43. The predicted molar refractivity (Wildman–Crippen MR) is 123 cm³/mol. The molecule has 0 unspecified atom stereocenters. The van der Waals surface area contributed by atoms with Crippen molar-refractivity contribution >= 4 is 41.8 Å². The zero-order valence-corrected chi connectivity index (χ0v) is 19.0. The van der Waals surface area contributed by atoms with Crippen LogP contribution in [0.15, 0.2) is 29.3 Å². The second-order valence-electron chi connectivity index (χ2n) is 7.10. The lowest BCUT2D eigenvalue weighted by atomic mass is 9.67. The first-order valence-corrected chi connectivity index (χ1v) is 9.65. The maximum absolute atomic E-state index is 11.9. The molecule has 0 atom stereocenters. The van der Waals surface area contributed by atoms with Crippen molar-refractivity contribution in [3.8, 4) is 0 Å². The van der Waals surface area contributed by atoms with E-state index < -0.39 is 5.91 Å². The number of carbonyl (C=O) groups is 2. The average molecular weight is 501 g/mol. The van der Waals surface area contributed by atoms with Gasteiger partial charge in [0.25, 0.3) is 5.91 Å². The van der Waals surface area contributed by atoms with Crippen LogP contribution < -0.4 is 21.7 Å². The number of carbonyl (C=O) groups excluding carboxylic acids is 2. The highest BCUT2D eigenvalue weighted by molar-refractivity contribution is 14.0. The molecule has 5 N–H and O–H groups in total. The monoisotopic (exact) mass is 501 g/mol. The van der Waals surface area contributed by atoms with Crippen molar-refractivity contribution < 1.29 is 9.59 Å². The number of rotatable bonds is 9. The topological polar surface area (TPSA) is 109 Å². The molecule has 1 fully saturated rings. The quantitative estimate of drug-likeness (QED) is 0.236. The van der Waals surface area contributed by atoms with Crippen LogP contribution in [0.3, 0.4) is 0 Å². The maximum Gasteiger partial charge on any atom is 0.251 e. The van der Waals surface area contributed by atoms with E-state index in [0.717, 1.165) is 24.6 Å². The molecule has 8 heteroatoms. The van der Waals surface area contributed by atoms with Crippen molar-refractivity contribution in [2.75, 3.05) is 19.6 Å². The Hall–Kier alpha value is -1.84. The van der Waals surface area contributed by atoms with Crippen molar-refractivity contribution in [2.45, 2.75) is 46.1 Å². The summed E-state index contributed by atoms with van der Waals surface area (Å²) in [5.41, 5.74) is 6.95. The minimum absolute atomic E-state index is 0. The van der Waals surface area contributed by atoms with E-state index in [-0.39, 0.29) is 36.4 Å². The van der Waals surface area contributed by atoms with E-state index in [1.165, 1.54) is 25.7 Å². The van der Waals surface area contributed by atoms with Gasteiger partial charge in [0, 0.05) is 18.7 Å². The lowest BCUT2D eigenvalue weighted by Gasteiger charge is -2.41. The summed E-state index contributed by atoms with van der Waals surface area (Å²) in [6, 6.07) is 7.18. The molecule has 0 radical (unpaired) electrons.